The van der Waals surface area contributed by atoms with Gasteiger partial charge in [-0.3, -0.25) is 14.5 Å². The highest BCUT2D eigenvalue weighted by molar-refractivity contribution is 5.85. The number of phenols is 1. The first kappa shape index (κ1) is 18.7. The van der Waals surface area contributed by atoms with Gasteiger partial charge < -0.3 is 15.3 Å². The molecule has 0 aromatic heterocycles. The molecule has 0 saturated carbocycles. The molecule has 142 valence electrons. The molecule has 2 amide bonds. The summed E-state index contributed by atoms with van der Waals surface area (Å²) in [6, 6.07) is 7.44. The Morgan fingerprint density at radius 3 is 2.92 bits per heavy atom. The fourth-order valence-corrected chi connectivity index (χ4v) is 3.88. The van der Waals surface area contributed by atoms with Gasteiger partial charge in [0.2, 0.25) is 11.8 Å². The van der Waals surface area contributed by atoms with Gasteiger partial charge in [0.1, 0.15) is 5.75 Å². The number of carbonyl (C=O) groups excluding carboxylic acids is 2. The molecule has 6 nitrogen and oxygen atoms in total. The first-order valence-corrected chi connectivity index (χ1v) is 9.67. The average Bonchev–Trinajstić information content (AvgIpc) is 2.80. The van der Waals surface area contributed by atoms with Crippen LogP contribution in [0.2, 0.25) is 0 Å². The van der Waals surface area contributed by atoms with Crippen molar-refractivity contribution < 1.29 is 14.7 Å². The maximum Gasteiger partial charge on any atom is 0.239 e. The normalized spacial score (nSPS) is 22.1. The molecule has 1 atom stereocenters. The Balaban J connectivity index is 1.48. The van der Waals surface area contributed by atoms with Crippen molar-refractivity contribution >= 4 is 11.8 Å². The Morgan fingerprint density at radius 2 is 2.08 bits per heavy atom. The third kappa shape index (κ3) is 5.46. The lowest BCUT2D eigenvalue weighted by Gasteiger charge is -2.33. The van der Waals surface area contributed by atoms with Crippen LogP contribution in [0.3, 0.4) is 0 Å². The number of hydrogen-bond donors (Lipinski definition) is 2. The number of rotatable bonds is 5. The Labute approximate surface area is 155 Å². The van der Waals surface area contributed by atoms with E-state index in [4.69, 9.17) is 0 Å². The molecule has 6 heteroatoms. The SMILES string of the molecule is O=C(CN1CCCCCC1=O)N[C@H]1CCCN(Cc2cccc(O)c2)C1. The molecule has 0 bridgehead atoms. The van der Waals surface area contributed by atoms with Crippen LogP contribution < -0.4 is 5.32 Å². The summed E-state index contributed by atoms with van der Waals surface area (Å²) in [5.74, 6) is 0.336. The van der Waals surface area contributed by atoms with E-state index < -0.39 is 0 Å². The zero-order valence-corrected chi connectivity index (χ0v) is 15.3. The fourth-order valence-electron chi connectivity index (χ4n) is 3.88. The lowest BCUT2D eigenvalue weighted by Crippen LogP contribution is -2.50. The molecule has 2 aliphatic rings. The number of aromatic hydroxyl groups is 1. The number of carbonyl (C=O) groups is 2. The maximum absolute atomic E-state index is 12.4. The first-order chi connectivity index (χ1) is 12.6. The molecule has 1 aromatic carbocycles. The largest absolute Gasteiger partial charge is 0.508 e. The molecule has 2 aliphatic heterocycles. The number of piperidine rings is 1. The number of phenolic OH excluding ortho intramolecular Hbond substituents is 1. The summed E-state index contributed by atoms with van der Waals surface area (Å²) in [4.78, 5) is 28.4. The number of benzene rings is 1. The molecule has 1 aromatic rings. The minimum atomic E-state index is -0.0514. The van der Waals surface area contributed by atoms with Crippen molar-refractivity contribution in [2.24, 2.45) is 0 Å². The number of hydrogen-bond acceptors (Lipinski definition) is 4. The van der Waals surface area contributed by atoms with Crippen molar-refractivity contribution in [1.29, 1.82) is 0 Å². The van der Waals surface area contributed by atoms with Crippen LogP contribution in [-0.4, -0.2) is 58.9 Å². The Morgan fingerprint density at radius 1 is 1.19 bits per heavy atom. The molecule has 3 rings (SSSR count). The first-order valence-electron chi connectivity index (χ1n) is 9.67. The van der Waals surface area contributed by atoms with Crippen LogP contribution in [0.4, 0.5) is 0 Å². The van der Waals surface area contributed by atoms with Gasteiger partial charge in [-0.2, -0.15) is 0 Å². The number of nitrogens with one attached hydrogen (secondary N) is 1. The highest BCUT2D eigenvalue weighted by atomic mass is 16.3. The smallest absolute Gasteiger partial charge is 0.239 e. The molecule has 0 unspecified atom stereocenters. The van der Waals surface area contributed by atoms with Gasteiger partial charge in [0.15, 0.2) is 0 Å². The van der Waals surface area contributed by atoms with Crippen LogP contribution in [-0.2, 0) is 16.1 Å². The summed E-state index contributed by atoms with van der Waals surface area (Å²) in [5.41, 5.74) is 1.08. The zero-order chi connectivity index (χ0) is 18.4. The van der Waals surface area contributed by atoms with E-state index in [0.29, 0.717) is 13.0 Å². The van der Waals surface area contributed by atoms with Gasteiger partial charge in [0.25, 0.3) is 0 Å². The summed E-state index contributed by atoms with van der Waals surface area (Å²) >= 11 is 0. The van der Waals surface area contributed by atoms with Gasteiger partial charge >= 0.3 is 0 Å². The Hall–Kier alpha value is -2.08. The second kappa shape index (κ2) is 9.03. The van der Waals surface area contributed by atoms with E-state index in [0.717, 1.165) is 57.3 Å². The van der Waals surface area contributed by atoms with Crippen molar-refractivity contribution in [2.75, 3.05) is 26.2 Å². The fraction of sp³-hybridized carbons (Fsp3) is 0.600. The van der Waals surface area contributed by atoms with Crippen LogP contribution in [0.15, 0.2) is 24.3 Å². The molecule has 0 spiro atoms. The molecule has 2 heterocycles. The third-order valence-electron chi connectivity index (χ3n) is 5.19. The maximum atomic E-state index is 12.4. The predicted octanol–water partition coefficient (Wildman–Crippen LogP) is 1.88. The molecular weight excluding hydrogens is 330 g/mol. The van der Waals surface area contributed by atoms with Crippen molar-refractivity contribution in [3.63, 3.8) is 0 Å². The van der Waals surface area contributed by atoms with E-state index in [1.807, 2.05) is 12.1 Å². The molecule has 2 saturated heterocycles. The third-order valence-corrected chi connectivity index (χ3v) is 5.19. The predicted molar refractivity (Wildman–Crippen MR) is 99.6 cm³/mol. The summed E-state index contributed by atoms with van der Waals surface area (Å²) in [5, 5.41) is 12.7. The van der Waals surface area contributed by atoms with Crippen molar-refractivity contribution in [1.82, 2.24) is 15.1 Å². The van der Waals surface area contributed by atoms with E-state index in [-0.39, 0.29) is 30.2 Å². The number of nitrogens with zero attached hydrogens (tertiary/aromatic N) is 2. The van der Waals surface area contributed by atoms with E-state index >= 15 is 0 Å². The monoisotopic (exact) mass is 359 g/mol. The van der Waals surface area contributed by atoms with Crippen molar-refractivity contribution in [3.05, 3.63) is 29.8 Å². The number of amides is 2. The van der Waals surface area contributed by atoms with E-state index in [2.05, 4.69) is 10.2 Å². The van der Waals surface area contributed by atoms with Gasteiger partial charge in [0, 0.05) is 32.1 Å². The van der Waals surface area contributed by atoms with Gasteiger partial charge in [-0.25, -0.2) is 0 Å². The average molecular weight is 359 g/mol. The Bertz CT molecular complexity index is 634. The quantitative estimate of drug-likeness (QED) is 0.842. The molecule has 2 N–H and O–H groups in total. The molecule has 0 radical (unpaired) electrons. The van der Waals surface area contributed by atoms with Crippen LogP contribution in [0.5, 0.6) is 5.75 Å². The number of likely N-dealkylation sites (tertiary alicyclic amines) is 2. The minimum absolute atomic E-state index is 0.0514. The van der Waals surface area contributed by atoms with Crippen molar-refractivity contribution in [3.8, 4) is 5.75 Å². The van der Waals surface area contributed by atoms with Crippen LogP contribution >= 0.6 is 0 Å². The second-order valence-corrected chi connectivity index (χ2v) is 7.44. The summed E-state index contributed by atoms with van der Waals surface area (Å²) in [6.07, 6.45) is 5.55. The Kier molecular flexibility index (Phi) is 6.50. The van der Waals surface area contributed by atoms with Crippen LogP contribution in [0.1, 0.15) is 44.1 Å². The summed E-state index contributed by atoms with van der Waals surface area (Å²) < 4.78 is 0. The van der Waals surface area contributed by atoms with E-state index in [9.17, 15) is 14.7 Å². The van der Waals surface area contributed by atoms with E-state index in [1.165, 1.54) is 0 Å². The van der Waals surface area contributed by atoms with Crippen LogP contribution in [0, 0.1) is 0 Å². The van der Waals surface area contributed by atoms with Gasteiger partial charge in [-0.15, -0.1) is 0 Å². The van der Waals surface area contributed by atoms with Gasteiger partial charge in [0.05, 0.1) is 6.54 Å². The topological polar surface area (TPSA) is 72.9 Å². The minimum Gasteiger partial charge on any atom is -0.508 e. The highest BCUT2D eigenvalue weighted by Crippen LogP contribution is 2.17. The summed E-state index contributed by atoms with van der Waals surface area (Å²) in [7, 11) is 0. The van der Waals surface area contributed by atoms with Gasteiger partial charge in [-0.05, 0) is 49.9 Å². The zero-order valence-electron chi connectivity index (χ0n) is 15.3. The van der Waals surface area contributed by atoms with Gasteiger partial charge in [-0.1, -0.05) is 18.6 Å². The lowest BCUT2D eigenvalue weighted by molar-refractivity contribution is -0.136. The molecule has 0 aliphatic carbocycles. The van der Waals surface area contributed by atoms with E-state index in [1.54, 1.807) is 17.0 Å². The van der Waals surface area contributed by atoms with Crippen molar-refractivity contribution in [2.45, 2.75) is 51.1 Å². The second-order valence-electron chi connectivity index (χ2n) is 7.44. The molecule has 26 heavy (non-hydrogen) atoms. The summed E-state index contributed by atoms with van der Waals surface area (Å²) in [6.45, 7) is 3.44. The molecular formula is C20H29N3O3. The van der Waals surface area contributed by atoms with Crippen LogP contribution in [0.25, 0.3) is 0 Å². The standard InChI is InChI=1S/C20H29N3O3/c24-18-8-4-6-16(12-18)13-22-10-5-7-17(14-22)21-19(25)15-23-11-3-1-2-9-20(23)26/h4,6,8,12,17,24H,1-3,5,7,9-11,13-15H2,(H,21,25)/t17-/m0/s1. The lowest BCUT2D eigenvalue weighted by atomic mass is 10.0. The highest BCUT2D eigenvalue weighted by Gasteiger charge is 2.24. The molecule has 2 fully saturated rings.